The van der Waals surface area contributed by atoms with E-state index >= 15 is 0 Å². The lowest BCUT2D eigenvalue weighted by Crippen LogP contribution is -2.39. The van der Waals surface area contributed by atoms with Crippen LogP contribution in [0.25, 0.3) is 0 Å². The van der Waals surface area contributed by atoms with Gasteiger partial charge in [0.15, 0.2) is 0 Å². The van der Waals surface area contributed by atoms with Crippen LogP contribution in [0.5, 0.6) is 0 Å². The zero-order valence-corrected chi connectivity index (χ0v) is 8.06. The van der Waals surface area contributed by atoms with E-state index in [0.29, 0.717) is 6.54 Å². The monoisotopic (exact) mass is 226 g/mol. The van der Waals surface area contributed by atoms with Gasteiger partial charge in [-0.05, 0) is 13.0 Å². The molecule has 2 N–H and O–H groups in total. The van der Waals surface area contributed by atoms with Crippen LogP contribution < -0.4 is 10.6 Å². The molecule has 0 aromatic rings. The van der Waals surface area contributed by atoms with Crippen LogP contribution in [0.1, 0.15) is 6.42 Å². The normalized spacial score (nSPS) is 21.7. The molecule has 7 heteroatoms. The average molecular weight is 226 g/mol. The molecule has 88 valence electrons. The van der Waals surface area contributed by atoms with Crippen LogP contribution in [0, 0.1) is 0 Å². The second-order valence-electron chi connectivity index (χ2n) is 3.37. The summed E-state index contributed by atoms with van der Waals surface area (Å²) in [4.78, 5) is 11.1. The van der Waals surface area contributed by atoms with Crippen molar-refractivity contribution in [3.63, 3.8) is 0 Å². The largest absolute Gasteiger partial charge is 0.411 e. The van der Waals surface area contributed by atoms with Crippen LogP contribution in [-0.4, -0.2) is 44.4 Å². The van der Waals surface area contributed by atoms with Crippen molar-refractivity contribution in [3.8, 4) is 0 Å². The zero-order valence-electron chi connectivity index (χ0n) is 8.06. The summed E-state index contributed by atoms with van der Waals surface area (Å²) in [5.41, 5.74) is 0. The van der Waals surface area contributed by atoms with Crippen LogP contribution in [0.4, 0.5) is 13.2 Å². The van der Waals surface area contributed by atoms with Crippen molar-refractivity contribution < 1.29 is 22.7 Å². The number of hydrogen-bond acceptors (Lipinski definition) is 3. The van der Waals surface area contributed by atoms with E-state index in [0.717, 1.165) is 13.0 Å². The van der Waals surface area contributed by atoms with Gasteiger partial charge in [0, 0.05) is 12.6 Å². The Morgan fingerprint density at radius 2 is 2.27 bits per heavy atom. The van der Waals surface area contributed by atoms with Gasteiger partial charge in [-0.1, -0.05) is 0 Å². The number of halogens is 3. The lowest BCUT2D eigenvalue weighted by molar-refractivity contribution is -0.175. The highest BCUT2D eigenvalue weighted by Gasteiger charge is 2.28. The molecule has 0 unspecified atom stereocenters. The number of alkyl halides is 3. The van der Waals surface area contributed by atoms with Crippen molar-refractivity contribution >= 4 is 5.91 Å². The Kier molecular flexibility index (Phi) is 4.34. The van der Waals surface area contributed by atoms with Gasteiger partial charge >= 0.3 is 6.18 Å². The number of hydrogen-bond donors (Lipinski definition) is 2. The first-order valence-electron chi connectivity index (χ1n) is 4.62. The highest BCUT2D eigenvalue weighted by Crippen LogP contribution is 2.14. The first-order chi connectivity index (χ1) is 6.97. The fourth-order valence-corrected chi connectivity index (χ4v) is 1.31. The van der Waals surface area contributed by atoms with Gasteiger partial charge in [0.25, 0.3) is 0 Å². The molecule has 1 amide bonds. The van der Waals surface area contributed by atoms with Gasteiger partial charge < -0.3 is 15.4 Å². The first kappa shape index (κ1) is 12.3. The van der Waals surface area contributed by atoms with E-state index < -0.39 is 25.3 Å². The lowest BCUT2D eigenvalue weighted by atomic mass is 10.2. The third-order valence-electron chi connectivity index (χ3n) is 1.92. The summed E-state index contributed by atoms with van der Waals surface area (Å²) in [7, 11) is 0. The topological polar surface area (TPSA) is 50.4 Å². The van der Waals surface area contributed by atoms with Crippen LogP contribution in [-0.2, 0) is 9.53 Å². The van der Waals surface area contributed by atoms with Crippen LogP contribution in [0.15, 0.2) is 0 Å². The molecular formula is C8H13F3N2O2. The number of carbonyl (C=O) groups excluding carboxylic acids is 1. The maximum absolute atomic E-state index is 11.6. The number of carbonyl (C=O) groups is 1. The highest BCUT2D eigenvalue weighted by molar-refractivity contribution is 5.77. The second kappa shape index (κ2) is 5.32. The zero-order chi connectivity index (χ0) is 11.3. The quantitative estimate of drug-likeness (QED) is 0.711. The Labute approximate surface area is 85.2 Å². The number of amides is 1. The van der Waals surface area contributed by atoms with E-state index in [1.807, 2.05) is 0 Å². The summed E-state index contributed by atoms with van der Waals surface area (Å²) in [6.07, 6.45) is -3.58. The van der Waals surface area contributed by atoms with Gasteiger partial charge in [-0.25, -0.2) is 0 Å². The number of ether oxygens (including phenoxy) is 1. The number of rotatable bonds is 4. The molecule has 15 heavy (non-hydrogen) atoms. The minimum Gasteiger partial charge on any atom is -0.362 e. The third-order valence-corrected chi connectivity index (χ3v) is 1.92. The highest BCUT2D eigenvalue weighted by atomic mass is 19.4. The summed E-state index contributed by atoms with van der Waals surface area (Å²) in [6.45, 7) is -0.460. The van der Waals surface area contributed by atoms with E-state index in [2.05, 4.69) is 15.4 Å². The van der Waals surface area contributed by atoms with Gasteiger partial charge in [-0.15, -0.1) is 0 Å². The standard InChI is InChI=1S/C8H13F3N2O2/c9-8(10,11)5-15-4-7(14)13-6-1-2-12-3-6/h6,12H,1-5H2,(H,13,14)/t6-/m0/s1. The van der Waals surface area contributed by atoms with Crippen molar-refractivity contribution in [1.29, 1.82) is 0 Å². The fraction of sp³-hybridized carbons (Fsp3) is 0.875. The predicted octanol–water partition coefficient (Wildman–Crippen LogP) is 0.0434. The molecule has 0 bridgehead atoms. The minimum atomic E-state index is -4.38. The van der Waals surface area contributed by atoms with Crippen LogP contribution in [0.3, 0.4) is 0 Å². The molecular weight excluding hydrogens is 213 g/mol. The smallest absolute Gasteiger partial charge is 0.362 e. The average Bonchev–Trinajstić information content (AvgIpc) is 2.54. The van der Waals surface area contributed by atoms with E-state index in [-0.39, 0.29) is 6.04 Å². The Balaban J connectivity index is 2.08. The van der Waals surface area contributed by atoms with Crippen LogP contribution in [0.2, 0.25) is 0 Å². The minimum absolute atomic E-state index is 0.00647. The van der Waals surface area contributed by atoms with E-state index in [1.54, 1.807) is 0 Å². The molecule has 1 atom stereocenters. The summed E-state index contributed by atoms with van der Waals surface area (Å²) < 4.78 is 39.1. The van der Waals surface area contributed by atoms with Crippen molar-refractivity contribution in [2.45, 2.75) is 18.6 Å². The lowest BCUT2D eigenvalue weighted by Gasteiger charge is -2.12. The van der Waals surface area contributed by atoms with Crippen molar-refractivity contribution in [2.75, 3.05) is 26.3 Å². The maximum atomic E-state index is 11.6. The summed E-state index contributed by atoms with van der Waals surface area (Å²) >= 11 is 0. The second-order valence-corrected chi connectivity index (χ2v) is 3.37. The molecule has 1 heterocycles. The Hall–Kier alpha value is -0.820. The molecule has 0 aliphatic carbocycles. The molecule has 1 aliphatic heterocycles. The third kappa shape index (κ3) is 5.58. The molecule has 0 spiro atoms. The van der Waals surface area contributed by atoms with Crippen molar-refractivity contribution in [3.05, 3.63) is 0 Å². The van der Waals surface area contributed by atoms with Crippen molar-refractivity contribution in [2.24, 2.45) is 0 Å². The predicted molar refractivity (Wildman–Crippen MR) is 46.3 cm³/mol. The first-order valence-corrected chi connectivity index (χ1v) is 4.62. The maximum Gasteiger partial charge on any atom is 0.411 e. The molecule has 1 rings (SSSR count). The SMILES string of the molecule is O=C(COCC(F)(F)F)N[C@H]1CCNC1. The molecule has 0 aromatic carbocycles. The molecule has 4 nitrogen and oxygen atoms in total. The Morgan fingerprint density at radius 3 is 2.80 bits per heavy atom. The van der Waals surface area contributed by atoms with Gasteiger partial charge in [0.05, 0.1) is 0 Å². The summed E-state index contributed by atoms with van der Waals surface area (Å²) in [5.74, 6) is -0.507. The molecule has 0 aromatic heterocycles. The van der Waals surface area contributed by atoms with E-state index in [4.69, 9.17) is 0 Å². The summed E-state index contributed by atoms with van der Waals surface area (Å²) in [5, 5.41) is 5.59. The van der Waals surface area contributed by atoms with Gasteiger partial charge in [0.1, 0.15) is 13.2 Å². The van der Waals surface area contributed by atoms with Gasteiger partial charge in [-0.3, -0.25) is 4.79 Å². The van der Waals surface area contributed by atoms with Gasteiger partial charge in [0.2, 0.25) is 5.91 Å². The molecule has 0 saturated carbocycles. The van der Waals surface area contributed by atoms with Crippen LogP contribution >= 0.6 is 0 Å². The number of nitrogens with one attached hydrogen (secondary N) is 2. The molecule has 1 saturated heterocycles. The molecule has 1 fully saturated rings. The van der Waals surface area contributed by atoms with Crippen molar-refractivity contribution in [1.82, 2.24) is 10.6 Å². The molecule has 0 radical (unpaired) electrons. The molecule has 1 aliphatic rings. The fourth-order valence-electron chi connectivity index (χ4n) is 1.31. The van der Waals surface area contributed by atoms with E-state index in [9.17, 15) is 18.0 Å². The Bertz CT molecular complexity index is 214. The van der Waals surface area contributed by atoms with E-state index in [1.165, 1.54) is 0 Å². The Morgan fingerprint density at radius 1 is 1.53 bits per heavy atom. The van der Waals surface area contributed by atoms with Gasteiger partial charge in [-0.2, -0.15) is 13.2 Å². The summed E-state index contributed by atoms with van der Waals surface area (Å²) in [6, 6.07) is 0.00647.